The van der Waals surface area contributed by atoms with Crippen molar-refractivity contribution in [2.24, 2.45) is 0 Å². The van der Waals surface area contributed by atoms with Gasteiger partial charge >= 0.3 is 5.97 Å². The molecule has 0 aromatic rings. The Bertz CT molecular complexity index is 1800. The lowest BCUT2D eigenvalue weighted by Crippen LogP contribution is -2.61. The van der Waals surface area contributed by atoms with E-state index >= 15 is 0 Å². The number of unbranched alkanes of at least 4 members (excludes halogenated alkanes) is 28. The molecule has 0 radical (unpaired) electrons. The number of amides is 1. The maximum Gasteiger partial charge on any atom is 0.306 e. The van der Waals surface area contributed by atoms with Crippen molar-refractivity contribution in [1.29, 1.82) is 0 Å². The molecule has 8 unspecified atom stereocenters. The number of carbonyl (C=O) groups is 2. The Kier molecular flexibility index (Phi) is 56.6. The number of ether oxygens (including phenoxy) is 3. The maximum absolute atomic E-state index is 13.5. The van der Waals surface area contributed by atoms with Gasteiger partial charge in [0.05, 0.1) is 25.4 Å². The Labute approximate surface area is 519 Å². The highest BCUT2D eigenvalue weighted by Crippen LogP contribution is 2.26. The minimum Gasteiger partial charge on any atom is -0.454 e. The zero-order valence-electron chi connectivity index (χ0n) is 54.2. The third kappa shape index (κ3) is 48.0. The third-order valence-corrected chi connectivity index (χ3v) is 15.7. The van der Waals surface area contributed by atoms with Gasteiger partial charge in [-0.2, -0.15) is 0 Å². The molecule has 8 atom stereocenters. The summed E-state index contributed by atoms with van der Waals surface area (Å²) < 4.78 is 17.7. The first-order valence-electron chi connectivity index (χ1n) is 34.7. The third-order valence-electron chi connectivity index (χ3n) is 15.7. The predicted octanol–water partition coefficient (Wildman–Crippen LogP) is 17.6. The summed E-state index contributed by atoms with van der Waals surface area (Å²) in [5.74, 6) is -1.21. The van der Waals surface area contributed by atoms with Crippen LogP contribution in [0.1, 0.15) is 284 Å². The minimum atomic E-state index is -1.63. The first-order valence-corrected chi connectivity index (χ1v) is 34.7. The zero-order valence-corrected chi connectivity index (χ0v) is 54.2. The van der Waals surface area contributed by atoms with E-state index in [1.807, 2.05) is 6.08 Å². The number of aliphatic hydroxyl groups excluding tert-OH is 5. The topological polar surface area (TPSA) is 175 Å². The van der Waals surface area contributed by atoms with Gasteiger partial charge in [0, 0.05) is 6.42 Å². The molecule has 1 aliphatic rings. The lowest BCUT2D eigenvalue weighted by atomic mass is 9.99. The molecule has 1 fully saturated rings. The molecule has 0 bridgehead atoms. The number of rotatable bonds is 58. The Morgan fingerprint density at radius 2 is 0.847 bits per heavy atom. The van der Waals surface area contributed by atoms with Crippen LogP contribution >= 0.6 is 0 Å². The van der Waals surface area contributed by atoms with Crippen LogP contribution in [0, 0.1) is 0 Å². The number of hydrogen-bond acceptors (Lipinski definition) is 10. The van der Waals surface area contributed by atoms with E-state index < -0.39 is 67.4 Å². The van der Waals surface area contributed by atoms with Gasteiger partial charge in [-0.05, 0) is 109 Å². The van der Waals surface area contributed by atoms with Gasteiger partial charge in [-0.1, -0.05) is 278 Å². The van der Waals surface area contributed by atoms with Crippen LogP contribution in [0.5, 0.6) is 0 Å². The monoisotopic (exact) mass is 1190 g/mol. The van der Waals surface area contributed by atoms with Crippen molar-refractivity contribution in [3.63, 3.8) is 0 Å². The number of allylic oxidation sites excluding steroid dienone is 17. The first kappa shape index (κ1) is 79.3. The minimum absolute atomic E-state index is 0.107. The largest absolute Gasteiger partial charge is 0.454 e. The van der Waals surface area contributed by atoms with Crippen molar-refractivity contribution in [2.45, 2.75) is 333 Å². The smallest absolute Gasteiger partial charge is 0.306 e. The van der Waals surface area contributed by atoms with E-state index in [0.29, 0.717) is 12.8 Å². The second kappa shape index (κ2) is 60.6. The summed E-state index contributed by atoms with van der Waals surface area (Å²) in [5, 5.41) is 57.2. The van der Waals surface area contributed by atoms with Gasteiger partial charge in [-0.3, -0.25) is 9.59 Å². The maximum atomic E-state index is 13.5. The molecule has 1 heterocycles. The lowest BCUT2D eigenvalue weighted by molar-refractivity contribution is -0.305. The lowest BCUT2D eigenvalue weighted by Gasteiger charge is -2.41. The van der Waals surface area contributed by atoms with E-state index in [4.69, 9.17) is 14.2 Å². The van der Waals surface area contributed by atoms with Crippen molar-refractivity contribution in [1.82, 2.24) is 5.32 Å². The molecule has 1 saturated heterocycles. The van der Waals surface area contributed by atoms with E-state index in [2.05, 4.69) is 123 Å². The molecule has 0 aromatic heterocycles. The van der Waals surface area contributed by atoms with Crippen molar-refractivity contribution >= 4 is 11.9 Å². The van der Waals surface area contributed by atoms with E-state index in [1.54, 1.807) is 6.08 Å². The second-order valence-corrected chi connectivity index (χ2v) is 23.5. The van der Waals surface area contributed by atoms with E-state index in [1.165, 1.54) is 103 Å². The second-order valence-electron chi connectivity index (χ2n) is 23.5. The summed E-state index contributed by atoms with van der Waals surface area (Å²) in [6.45, 7) is 5.65. The van der Waals surface area contributed by atoms with Gasteiger partial charge in [-0.15, -0.1) is 0 Å². The predicted molar refractivity (Wildman–Crippen MR) is 356 cm³/mol. The summed E-state index contributed by atoms with van der Waals surface area (Å²) in [6, 6.07) is -1.04. The van der Waals surface area contributed by atoms with Crippen molar-refractivity contribution in [2.75, 3.05) is 13.2 Å². The SMILES string of the molecule is CC/C=C\C/C=C\C/C=C\C/C=C\C/C=C\C/C=C\CCCCCCCCCCC(=O)OC1C(OCC(NC(=O)C(O)CCCCCCCC/C=C\C/C=C\CCCCC)C(O)/C=C/CCCCCCCCCCCCC)OC(CO)C(O)C1O. The van der Waals surface area contributed by atoms with Crippen LogP contribution in [0.2, 0.25) is 0 Å². The number of hydrogen-bond donors (Lipinski definition) is 6. The number of carbonyl (C=O) groups excluding carboxylic acids is 2. The summed E-state index contributed by atoms with van der Waals surface area (Å²) in [5.41, 5.74) is 0. The van der Waals surface area contributed by atoms with Crippen molar-refractivity contribution in [3.05, 3.63) is 109 Å². The van der Waals surface area contributed by atoms with Crippen molar-refractivity contribution in [3.8, 4) is 0 Å². The molecule has 85 heavy (non-hydrogen) atoms. The van der Waals surface area contributed by atoms with Crippen LogP contribution in [0.15, 0.2) is 109 Å². The fraction of sp³-hybridized carbons (Fsp3) is 0.730. The molecule has 0 aromatic carbocycles. The average Bonchev–Trinajstić information content (AvgIpc) is 2.50. The molecule has 0 aliphatic carbocycles. The van der Waals surface area contributed by atoms with Crippen LogP contribution in [0.3, 0.4) is 0 Å². The molecule has 1 aliphatic heterocycles. The van der Waals surface area contributed by atoms with Crippen LogP contribution in [0.25, 0.3) is 0 Å². The molecule has 488 valence electrons. The molecular weight excluding hydrogens is 1060 g/mol. The number of aliphatic hydroxyl groups is 5. The van der Waals surface area contributed by atoms with Gasteiger partial charge in [0.25, 0.3) is 0 Å². The van der Waals surface area contributed by atoms with Gasteiger partial charge in [-0.25, -0.2) is 0 Å². The van der Waals surface area contributed by atoms with Crippen LogP contribution < -0.4 is 5.32 Å². The van der Waals surface area contributed by atoms with Gasteiger partial charge in [0.1, 0.15) is 24.4 Å². The summed E-state index contributed by atoms with van der Waals surface area (Å²) in [4.78, 5) is 26.7. The molecular formula is C74H127NO10. The van der Waals surface area contributed by atoms with Crippen LogP contribution in [0.4, 0.5) is 0 Å². The van der Waals surface area contributed by atoms with E-state index in [9.17, 15) is 35.1 Å². The first-order chi connectivity index (χ1) is 41.7. The molecule has 11 heteroatoms. The molecule has 6 N–H and O–H groups in total. The molecule has 0 spiro atoms. The zero-order chi connectivity index (χ0) is 61.7. The van der Waals surface area contributed by atoms with Gasteiger partial charge in [0.15, 0.2) is 12.4 Å². The molecule has 0 saturated carbocycles. The number of esters is 1. The van der Waals surface area contributed by atoms with Crippen LogP contribution in [-0.2, 0) is 23.8 Å². The summed E-state index contributed by atoms with van der Waals surface area (Å²) in [6.07, 6.45) is 72.6. The van der Waals surface area contributed by atoms with Crippen LogP contribution in [-0.4, -0.2) is 99.6 Å². The molecule has 11 nitrogen and oxygen atoms in total. The normalized spacial score (nSPS) is 19.1. The Morgan fingerprint density at radius 3 is 1.29 bits per heavy atom. The highest BCUT2D eigenvalue weighted by atomic mass is 16.7. The summed E-state index contributed by atoms with van der Waals surface area (Å²) in [7, 11) is 0. The van der Waals surface area contributed by atoms with E-state index in [-0.39, 0.29) is 19.4 Å². The van der Waals surface area contributed by atoms with Crippen molar-refractivity contribution < 1.29 is 49.3 Å². The fourth-order valence-electron chi connectivity index (χ4n) is 10.2. The fourth-order valence-corrected chi connectivity index (χ4v) is 10.2. The Balaban J connectivity index is 2.60. The highest BCUT2D eigenvalue weighted by Gasteiger charge is 2.47. The Hall–Kier alpha value is -3.68. The number of nitrogens with one attached hydrogen (secondary N) is 1. The average molecular weight is 1190 g/mol. The van der Waals surface area contributed by atoms with Gasteiger partial charge in [0.2, 0.25) is 5.91 Å². The van der Waals surface area contributed by atoms with E-state index in [0.717, 1.165) is 135 Å². The standard InChI is InChI=1S/C74H127NO10/c1-4-7-10-13-16-19-22-25-27-29-30-31-32-33-34-35-36-37-38-39-41-44-47-50-53-56-59-62-69(79)85-72-71(81)70(80)68(63-76)84-74(72)83-64-65(66(77)60-57-54-51-48-45-42-24-21-18-15-12-9-6-3)75-73(82)67(78)61-58-55-52-49-46-43-40-28-26-23-20-17-14-11-8-5-2/h7,10,16-17,19-20,25-28,30-31,33-34,36-37,57,60,65-68,70-72,74,76-78,80-81H,4-6,8-9,11-15,18,21-24,29,32,35,38-56,58-59,61-64H2,1-3H3,(H,75,82)/b10-7-,19-16-,20-17-,27-25-,28-26-,31-30-,34-33-,37-36-,60-57+. The Morgan fingerprint density at radius 1 is 0.471 bits per heavy atom. The highest BCUT2D eigenvalue weighted by molar-refractivity contribution is 5.80. The quantitative estimate of drug-likeness (QED) is 0.0195. The molecule has 1 amide bonds. The summed E-state index contributed by atoms with van der Waals surface area (Å²) >= 11 is 0. The molecule has 1 rings (SSSR count). The van der Waals surface area contributed by atoms with Gasteiger partial charge < -0.3 is 45.1 Å².